The molecule has 1 aliphatic carbocycles. The van der Waals surface area contributed by atoms with Gasteiger partial charge in [-0.1, -0.05) is 32.5 Å². The molecule has 1 N–H and O–H groups in total. The van der Waals surface area contributed by atoms with Crippen molar-refractivity contribution in [2.24, 2.45) is 11.8 Å². The van der Waals surface area contributed by atoms with Crippen LogP contribution in [0.3, 0.4) is 0 Å². The van der Waals surface area contributed by atoms with Crippen molar-refractivity contribution in [3.63, 3.8) is 0 Å². The van der Waals surface area contributed by atoms with E-state index in [9.17, 15) is 9.59 Å². The molecule has 7 heteroatoms. The SMILES string of the molecule is CC(C)CCn1c(SCC(=O)NC(C)C)nc2sc3c(c2c1=O)CC[C@@H](C)C3. The molecule has 0 aliphatic heterocycles. The summed E-state index contributed by atoms with van der Waals surface area (Å²) in [7, 11) is 0. The minimum Gasteiger partial charge on any atom is -0.353 e. The average Bonchev–Trinajstić information content (AvgIpc) is 2.95. The third-order valence-corrected chi connectivity index (χ3v) is 7.22. The van der Waals surface area contributed by atoms with Gasteiger partial charge in [0.25, 0.3) is 5.56 Å². The Hall–Kier alpha value is -1.34. The number of aryl methyl sites for hydroxylation is 1. The van der Waals surface area contributed by atoms with Crippen LogP contribution in [0.1, 0.15) is 57.9 Å². The van der Waals surface area contributed by atoms with Gasteiger partial charge in [-0.3, -0.25) is 14.2 Å². The molecule has 2 heterocycles. The fourth-order valence-electron chi connectivity index (χ4n) is 3.59. The van der Waals surface area contributed by atoms with Gasteiger partial charge in [-0.2, -0.15) is 0 Å². The second-order valence-electron chi connectivity index (χ2n) is 8.58. The first kappa shape index (κ1) is 21.4. The van der Waals surface area contributed by atoms with Crippen molar-refractivity contribution in [1.82, 2.24) is 14.9 Å². The predicted octanol–water partition coefficient (Wildman–Crippen LogP) is 4.25. The van der Waals surface area contributed by atoms with E-state index in [-0.39, 0.29) is 23.3 Å². The lowest BCUT2D eigenvalue weighted by atomic mass is 9.89. The molecular weight excluding hydrogens is 390 g/mol. The molecule has 1 aliphatic rings. The first-order chi connectivity index (χ1) is 13.3. The largest absolute Gasteiger partial charge is 0.353 e. The maximum absolute atomic E-state index is 13.4. The van der Waals surface area contributed by atoms with E-state index in [1.54, 1.807) is 15.9 Å². The van der Waals surface area contributed by atoms with Crippen LogP contribution in [0, 0.1) is 11.8 Å². The standard InChI is InChI=1S/C21H31N3O2S2/c1-12(2)8-9-24-20(26)18-15-7-6-14(5)10-16(15)28-19(18)23-21(24)27-11-17(25)22-13(3)4/h12-14H,6-11H2,1-5H3,(H,22,25)/t14-/m1/s1. The number of aromatic nitrogens is 2. The highest BCUT2D eigenvalue weighted by Crippen LogP contribution is 2.36. The molecule has 0 spiro atoms. The quantitative estimate of drug-likeness (QED) is 0.536. The number of hydrogen-bond donors (Lipinski definition) is 1. The second kappa shape index (κ2) is 8.99. The van der Waals surface area contributed by atoms with E-state index in [1.807, 2.05) is 13.8 Å². The first-order valence-electron chi connectivity index (χ1n) is 10.2. The average molecular weight is 422 g/mol. The van der Waals surface area contributed by atoms with Crippen molar-refractivity contribution in [3.8, 4) is 0 Å². The van der Waals surface area contributed by atoms with Gasteiger partial charge in [0, 0.05) is 17.5 Å². The van der Waals surface area contributed by atoms with Gasteiger partial charge in [0.2, 0.25) is 5.91 Å². The van der Waals surface area contributed by atoms with Crippen molar-refractivity contribution in [1.29, 1.82) is 0 Å². The number of nitrogens with zero attached hydrogens (tertiary/aromatic N) is 2. The Bertz CT molecular complexity index is 914. The number of carbonyl (C=O) groups is 1. The molecule has 3 rings (SSSR count). The van der Waals surface area contributed by atoms with Gasteiger partial charge in [0.05, 0.1) is 11.1 Å². The number of nitrogens with one attached hydrogen (secondary N) is 1. The van der Waals surface area contributed by atoms with E-state index in [0.717, 1.165) is 35.9 Å². The van der Waals surface area contributed by atoms with Crippen molar-refractivity contribution < 1.29 is 4.79 Å². The molecule has 5 nitrogen and oxygen atoms in total. The Morgan fingerprint density at radius 3 is 2.79 bits per heavy atom. The lowest BCUT2D eigenvalue weighted by molar-refractivity contribution is -0.119. The molecule has 1 atom stereocenters. The van der Waals surface area contributed by atoms with E-state index in [2.05, 4.69) is 26.1 Å². The van der Waals surface area contributed by atoms with Crippen molar-refractivity contribution in [2.45, 2.75) is 78.0 Å². The van der Waals surface area contributed by atoms with Crippen LogP contribution in [-0.4, -0.2) is 27.3 Å². The molecule has 0 radical (unpaired) electrons. The number of amides is 1. The van der Waals surface area contributed by atoms with Crippen LogP contribution in [-0.2, 0) is 24.2 Å². The lowest BCUT2D eigenvalue weighted by Crippen LogP contribution is -2.32. The molecule has 2 aromatic rings. The maximum atomic E-state index is 13.4. The zero-order valence-electron chi connectivity index (χ0n) is 17.5. The number of carbonyl (C=O) groups excluding carboxylic acids is 1. The highest BCUT2D eigenvalue weighted by atomic mass is 32.2. The fraction of sp³-hybridized carbons (Fsp3) is 0.667. The van der Waals surface area contributed by atoms with E-state index in [4.69, 9.17) is 4.98 Å². The number of thiophene rings is 1. The van der Waals surface area contributed by atoms with Gasteiger partial charge in [-0.15, -0.1) is 11.3 Å². The molecule has 0 saturated heterocycles. The minimum atomic E-state index is -0.0240. The van der Waals surface area contributed by atoms with Crippen LogP contribution in [0.4, 0.5) is 0 Å². The molecule has 1 amide bonds. The van der Waals surface area contributed by atoms with Gasteiger partial charge < -0.3 is 5.32 Å². The fourth-order valence-corrected chi connectivity index (χ4v) is 5.85. The van der Waals surface area contributed by atoms with Gasteiger partial charge in [0.15, 0.2) is 5.16 Å². The number of thioether (sulfide) groups is 1. The normalized spacial score (nSPS) is 16.8. The molecule has 154 valence electrons. The summed E-state index contributed by atoms with van der Waals surface area (Å²) in [6.07, 6.45) is 4.07. The van der Waals surface area contributed by atoms with E-state index < -0.39 is 0 Å². The van der Waals surface area contributed by atoms with Crippen LogP contribution in [0.2, 0.25) is 0 Å². The zero-order chi connectivity index (χ0) is 20.4. The van der Waals surface area contributed by atoms with Crippen LogP contribution < -0.4 is 10.9 Å². The molecular formula is C21H31N3O2S2. The molecule has 2 aromatic heterocycles. The minimum absolute atomic E-state index is 0.0240. The van der Waals surface area contributed by atoms with E-state index in [0.29, 0.717) is 23.5 Å². The molecule has 28 heavy (non-hydrogen) atoms. The summed E-state index contributed by atoms with van der Waals surface area (Å²) < 4.78 is 1.81. The Morgan fingerprint density at radius 1 is 1.36 bits per heavy atom. The molecule has 0 aromatic carbocycles. The van der Waals surface area contributed by atoms with Crippen molar-refractivity contribution >= 4 is 39.2 Å². The van der Waals surface area contributed by atoms with Gasteiger partial charge in [-0.05, 0) is 56.9 Å². The molecule has 0 bridgehead atoms. The van der Waals surface area contributed by atoms with Gasteiger partial charge >= 0.3 is 0 Å². The molecule has 0 saturated carbocycles. The summed E-state index contributed by atoms with van der Waals surface area (Å²) in [4.78, 5) is 32.5. The topological polar surface area (TPSA) is 64.0 Å². The zero-order valence-corrected chi connectivity index (χ0v) is 19.1. The number of hydrogen-bond acceptors (Lipinski definition) is 5. The monoisotopic (exact) mass is 421 g/mol. The predicted molar refractivity (Wildman–Crippen MR) is 119 cm³/mol. The summed E-state index contributed by atoms with van der Waals surface area (Å²) in [5.41, 5.74) is 1.30. The number of rotatable bonds is 7. The number of fused-ring (bicyclic) bond motifs is 3. The maximum Gasteiger partial charge on any atom is 0.263 e. The highest BCUT2D eigenvalue weighted by molar-refractivity contribution is 7.99. The highest BCUT2D eigenvalue weighted by Gasteiger charge is 2.25. The van der Waals surface area contributed by atoms with Crippen LogP contribution >= 0.6 is 23.1 Å². The summed E-state index contributed by atoms with van der Waals surface area (Å²) in [6, 6.07) is 0.109. The molecule has 0 unspecified atom stereocenters. The van der Waals surface area contributed by atoms with E-state index >= 15 is 0 Å². The third kappa shape index (κ3) is 4.79. The molecule has 0 fully saturated rings. The summed E-state index contributed by atoms with van der Waals surface area (Å²) >= 11 is 3.04. The third-order valence-electron chi connectivity index (χ3n) is 5.09. The van der Waals surface area contributed by atoms with Gasteiger partial charge in [0.1, 0.15) is 4.83 Å². The summed E-state index contributed by atoms with van der Waals surface area (Å²) in [5.74, 6) is 1.42. The smallest absolute Gasteiger partial charge is 0.263 e. The summed E-state index contributed by atoms with van der Waals surface area (Å²) in [6.45, 7) is 11.1. The van der Waals surface area contributed by atoms with Gasteiger partial charge in [-0.25, -0.2) is 4.98 Å². The summed E-state index contributed by atoms with van der Waals surface area (Å²) in [5, 5.41) is 4.40. The van der Waals surface area contributed by atoms with E-state index in [1.165, 1.54) is 22.2 Å². The second-order valence-corrected chi connectivity index (χ2v) is 10.6. The first-order valence-corrected chi connectivity index (χ1v) is 12.0. The Morgan fingerprint density at radius 2 is 2.11 bits per heavy atom. The Kier molecular flexibility index (Phi) is 6.86. The van der Waals surface area contributed by atoms with Crippen molar-refractivity contribution in [2.75, 3.05) is 5.75 Å². The van der Waals surface area contributed by atoms with Crippen LogP contribution in [0.5, 0.6) is 0 Å². The Labute approximate surface area is 175 Å². The Balaban J connectivity index is 1.99. The van der Waals surface area contributed by atoms with Crippen LogP contribution in [0.15, 0.2) is 9.95 Å². The lowest BCUT2D eigenvalue weighted by Gasteiger charge is -2.18. The van der Waals surface area contributed by atoms with Crippen LogP contribution in [0.25, 0.3) is 10.2 Å². The van der Waals surface area contributed by atoms with Crippen molar-refractivity contribution in [3.05, 3.63) is 20.8 Å².